The second-order valence-electron chi connectivity index (χ2n) is 8.25. The van der Waals surface area contributed by atoms with Crippen LogP contribution in [-0.4, -0.2) is 37.2 Å². The zero-order valence-corrected chi connectivity index (χ0v) is 17.1. The number of hydrogen-bond acceptors (Lipinski definition) is 5. The highest BCUT2D eigenvalue weighted by Crippen LogP contribution is 2.34. The van der Waals surface area contributed by atoms with Crippen LogP contribution in [0.25, 0.3) is 38.7 Å². The quantitative estimate of drug-likeness (QED) is 0.457. The van der Waals surface area contributed by atoms with Gasteiger partial charge in [-0.25, -0.2) is 9.37 Å². The zero-order valence-electron chi connectivity index (χ0n) is 17.1. The van der Waals surface area contributed by atoms with Crippen LogP contribution in [0.15, 0.2) is 42.9 Å². The first-order valence-electron chi connectivity index (χ1n) is 10.5. The number of pyridine rings is 1. The molecule has 4 aromatic heterocycles. The minimum Gasteiger partial charge on any atom is -0.383 e. The SMILES string of the molecule is Cc1cn(C2CCNCC2)c2nc3c(-c4cnc5ccc(F)cc5c4)cnn3c(N)c12. The van der Waals surface area contributed by atoms with E-state index in [1.807, 2.05) is 6.07 Å². The molecular weight excluding hydrogens is 393 g/mol. The van der Waals surface area contributed by atoms with Gasteiger partial charge in [0.2, 0.25) is 0 Å². The monoisotopic (exact) mass is 415 g/mol. The fourth-order valence-corrected chi connectivity index (χ4v) is 4.72. The Morgan fingerprint density at radius 3 is 2.81 bits per heavy atom. The summed E-state index contributed by atoms with van der Waals surface area (Å²) in [5.41, 5.74) is 11.6. The first kappa shape index (κ1) is 18.3. The Balaban J connectivity index is 1.58. The molecule has 0 atom stereocenters. The van der Waals surface area contributed by atoms with Gasteiger partial charge in [-0.2, -0.15) is 9.61 Å². The van der Waals surface area contributed by atoms with E-state index < -0.39 is 0 Å². The van der Waals surface area contributed by atoms with Crippen molar-refractivity contribution < 1.29 is 4.39 Å². The number of benzene rings is 1. The van der Waals surface area contributed by atoms with E-state index in [1.165, 1.54) is 12.1 Å². The maximum atomic E-state index is 13.7. The molecule has 0 unspecified atom stereocenters. The number of aromatic nitrogens is 5. The van der Waals surface area contributed by atoms with Crippen LogP contribution in [0.3, 0.4) is 0 Å². The minimum absolute atomic E-state index is 0.286. The third-order valence-electron chi connectivity index (χ3n) is 6.29. The van der Waals surface area contributed by atoms with Gasteiger partial charge in [0, 0.05) is 34.9 Å². The Hall–Kier alpha value is -3.52. The normalized spacial score (nSPS) is 15.4. The van der Waals surface area contributed by atoms with Crippen molar-refractivity contribution in [1.29, 1.82) is 0 Å². The number of hydrogen-bond donors (Lipinski definition) is 2. The molecule has 6 rings (SSSR count). The van der Waals surface area contributed by atoms with Crippen LogP contribution in [0.1, 0.15) is 24.4 Å². The summed E-state index contributed by atoms with van der Waals surface area (Å²) in [6.45, 7) is 4.06. The van der Waals surface area contributed by atoms with Crippen molar-refractivity contribution in [3.63, 3.8) is 0 Å². The van der Waals surface area contributed by atoms with E-state index in [4.69, 9.17) is 10.7 Å². The Labute approximate surface area is 177 Å². The highest BCUT2D eigenvalue weighted by atomic mass is 19.1. The number of rotatable bonds is 2. The summed E-state index contributed by atoms with van der Waals surface area (Å²) in [5, 5.41) is 9.61. The lowest BCUT2D eigenvalue weighted by molar-refractivity contribution is 0.374. The maximum Gasteiger partial charge on any atom is 0.167 e. The van der Waals surface area contributed by atoms with Gasteiger partial charge in [0.1, 0.15) is 17.3 Å². The number of nitrogens with zero attached hydrogens (tertiary/aromatic N) is 5. The van der Waals surface area contributed by atoms with Gasteiger partial charge < -0.3 is 15.6 Å². The minimum atomic E-state index is -0.286. The van der Waals surface area contributed by atoms with Crippen LogP contribution in [0, 0.1) is 12.7 Å². The number of fused-ring (bicyclic) bond motifs is 3. The lowest BCUT2D eigenvalue weighted by atomic mass is 10.1. The molecule has 1 aliphatic heterocycles. The van der Waals surface area contributed by atoms with E-state index in [9.17, 15) is 4.39 Å². The van der Waals surface area contributed by atoms with Crippen LogP contribution < -0.4 is 11.1 Å². The number of nitrogens with one attached hydrogen (secondary N) is 1. The molecule has 7 nitrogen and oxygen atoms in total. The first-order chi connectivity index (χ1) is 15.1. The number of anilines is 1. The van der Waals surface area contributed by atoms with Crippen molar-refractivity contribution in [3.8, 4) is 11.1 Å². The van der Waals surface area contributed by atoms with E-state index in [1.54, 1.807) is 23.0 Å². The predicted octanol–water partition coefficient (Wildman–Crippen LogP) is 3.85. The fourth-order valence-electron chi connectivity index (χ4n) is 4.72. The third-order valence-corrected chi connectivity index (χ3v) is 6.29. The molecule has 8 heteroatoms. The molecular formula is C23H22FN7. The Kier molecular flexibility index (Phi) is 3.97. The van der Waals surface area contributed by atoms with Crippen LogP contribution in [0.2, 0.25) is 0 Å². The summed E-state index contributed by atoms with van der Waals surface area (Å²) < 4.78 is 17.7. The van der Waals surface area contributed by atoms with Gasteiger partial charge in [-0.3, -0.25) is 4.98 Å². The number of piperidine rings is 1. The second kappa shape index (κ2) is 6.75. The number of nitrogen functional groups attached to an aromatic ring is 1. The van der Waals surface area contributed by atoms with Crippen molar-refractivity contribution in [2.75, 3.05) is 18.8 Å². The Morgan fingerprint density at radius 1 is 1.13 bits per heavy atom. The number of aryl methyl sites for hydroxylation is 1. The van der Waals surface area contributed by atoms with Gasteiger partial charge in [0.05, 0.1) is 17.1 Å². The smallest absolute Gasteiger partial charge is 0.167 e. The summed E-state index contributed by atoms with van der Waals surface area (Å²) in [6, 6.07) is 6.90. The van der Waals surface area contributed by atoms with E-state index in [0.717, 1.165) is 64.6 Å². The summed E-state index contributed by atoms with van der Waals surface area (Å²) >= 11 is 0. The van der Waals surface area contributed by atoms with Gasteiger partial charge in [0.25, 0.3) is 0 Å². The molecule has 0 spiro atoms. The largest absolute Gasteiger partial charge is 0.383 e. The average molecular weight is 415 g/mol. The maximum absolute atomic E-state index is 13.7. The van der Waals surface area contributed by atoms with E-state index >= 15 is 0 Å². The van der Waals surface area contributed by atoms with Gasteiger partial charge in [-0.05, 0) is 62.7 Å². The molecule has 1 aromatic carbocycles. The van der Waals surface area contributed by atoms with Crippen LogP contribution in [-0.2, 0) is 0 Å². The number of nitrogens with two attached hydrogens (primary N) is 1. The summed E-state index contributed by atoms with van der Waals surface area (Å²) in [5.74, 6) is 0.293. The van der Waals surface area contributed by atoms with E-state index in [-0.39, 0.29) is 5.82 Å². The second-order valence-corrected chi connectivity index (χ2v) is 8.25. The summed E-state index contributed by atoms with van der Waals surface area (Å²) in [7, 11) is 0. The standard InChI is InChI=1S/C23H22FN7/c1-13-12-30(17-4-6-26-7-5-17)23-20(13)21(25)31-22(29-23)18(11-28-31)15-8-14-9-16(24)2-3-19(14)27-10-15/h2-3,8-12,17,26H,4-7,25H2,1H3. The molecule has 0 saturated carbocycles. The summed E-state index contributed by atoms with van der Waals surface area (Å²) in [4.78, 5) is 9.52. The van der Waals surface area contributed by atoms with Crippen molar-refractivity contribution >= 4 is 33.4 Å². The zero-order chi connectivity index (χ0) is 21.1. The lowest BCUT2D eigenvalue weighted by Gasteiger charge is -2.24. The fraction of sp³-hybridized carbons (Fsp3) is 0.261. The van der Waals surface area contributed by atoms with Gasteiger partial charge >= 0.3 is 0 Å². The van der Waals surface area contributed by atoms with Gasteiger partial charge in [-0.15, -0.1) is 0 Å². The predicted molar refractivity (Wildman–Crippen MR) is 119 cm³/mol. The Morgan fingerprint density at radius 2 is 1.97 bits per heavy atom. The molecule has 1 saturated heterocycles. The highest BCUT2D eigenvalue weighted by molar-refractivity contribution is 5.95. The third kappa shape index (κ3) is 2.79. The highest BCUT2D eigenvalue weighted by Gasteiger charge is 2.22. The van der Waals surface area contributed by atoms with Crippen LogP contribution in [0.5, 0.6) is 0 Å². The molecule has 5 aromatic rings. The molecule has 156 valence electrons. The molecule has 31 heavy (non-hydrogen) atoms. The van der Waals surface area contributed by atoms with Crippen molar-refractivity contribution in [3.05, 3.63) is 54.2 Å². The average Bonchev–Trinajstić information content (AvgIpc) is 3.36. The molecule has 1 aliphatic rings. The first-order valence-corrected chi connectivity index (χ1v) is 10.5. The molecule has 0 amide bonds. The molecule has 1 fully saturated rings. The lowest BCUT2D eigenvalue weighted by Crippen LogP contribution is -2.29. The molecule has 0 radical (unpaired) electrons. The molecule has 3 N–H and O–H groups in total. The van der Waals surface area contributed by atoms with E-state index in [0.29, 0.717) is 17.5 Å². The molecule has 5 heterocycles. The van der Waals surface area contributed by atoms with Crippen molar-refractivity contribution in [2.45, 2.75) is 25.8 Å². The van der Waals surface area contributed by atoms with E-state index in [2.05, 4.69) is 33.1 Å². The molecule has 0 bridgehead atoms. The van der Waals surface area contributed by atoms with Gasteiger partial charge in [0.15, 0.2) is 5.65 Å². The topological polar surface area (TPSA) is 86.1 Å². The Bertz CT molecular complexity index is 1460. The molecule has 0 aliphatic carbocycles. The van der Waals surface area contributed by atoms with Crippen molar-refractivity contribution in [2.24, 2.45) is 0 Å². The van der Waals surface area contributed by atoms with Crippen LogP contribution in [0.4, 0.5) is 10.2 Å². The van der Waals surface area contributed by atoms with Crippen LogP contribution >= 0.6 is 0 Å². The summed E-state index contributed by atoms with van der Waals surface area (Å²) in [6.07, 6.45) is 7.80. The van der Waals surface area contributed by atoms with Crippen molar-refractivity contribution in [1.82, 2.24) is 29.5 Å². The number of halogens is 1. The van der Waals surface area contributed by atoms with Gasteiger partial charge in [-0.1, -0.05) is 0 Å².